The van der Waals surface area contributed by atoms with Crippen molar-refractivity contribution >= 4 is 0 Å². The van der Waals surface area contributed by atoms with Gasteiger partial charge in [-0.15, -0.1) is 0 Å². The van der Waals surface area contributed by atoms with Gasteiger partial charge in [-0.3, -0.25) is 9.58 Å². The van der Waals surface area contributed by atoms with Crippen LogP contribution in [0.1, 0.15) is 29.8 Å². The monoisotopic (exact) mass is 285 g/mol. The fourth-order valence-electron chi connectivity index (χ4n) is 3.01. The largest absolute Gasteiger partial charge is 0.390 e. The van der Waals surface area contributed by atoms with Gasteiger partial charge in [0.1, 0.15) is 0 Å². The van der Waals surface area contributed by atoms with Crippen molar-refractivity contribution in [1.29, 1.82) is 0 Å². The first-order chi connectivity index (χ1) is 10.3. The lowest BCUT2D eigenvalue weighted by atomic mass is 10.1. The topological polar surface area (TPSA) is 41.3 Å². The maximum atomic E-state index is 9.20. The van der Waals surface area contributed by atoms with Crippen LogP contribution in [-0.2, 0) is 26.1 Å². The summed E-state index contributed by atoms with van der Waals surface area (Å²) in [5.74, 6) is 0. The van der Waals surface area contributed by atoms with Gasteiger partial charge in [-0.1, -0.05) is 30.3 Å². The molecule has 0 atom stereocenters. The van der Waals surface area contributed by atoms with Crippen LogP contribution in [0.25, 0.3) is 0 Å². The molecule has 1 aromatic heterocycles. The van der Waals surface area contributed by atoms with Crippen molar-refractivity contribution in [1.82, 2.24) is 14.7 Å². The predicted octanol–water partition coefficient (Wildman–Crippen LogP) is 2.21. The first kappa shape index (κ1) is 14.3. The van der Waals surface area contributed by atoms with Crippen molar-refractivity contribution in [2.24, 2.45) is 0 Å². The molecule has 0 saturated heterocycles. The molecule has 1 aliphatic rings. The lowest BCUT2D eigenvalue weighted by Gasteiger charge is -2.19. The van der Waals surface area contributed by atoms with Gasteiger partial charge in [0.15, 0.2) is 0 Å². The highest BCUT2D eigenvalue weighted by atomic mass is 16.3. The highest BCUT2D eigenvalue weighted by Gasteiger charge is 2.16. The average Bonchev–Trinajstić information content (AvgIpc) is 2.81. The number of nitrogens with zero attached hydrogens (tertiary/aromatic N) is 3. The van der Waals surface area contributed by atoms with Gasteiger partial charge in [0.25, 0.3) is 0 Å². The molecular weight excluding hydrogens is 262 g/mol. The molecule has 0 spiro atoms. The Balaban J connectivity index is 1.54. The van der Waals surface area contributed by atoms with Gasteiger partial charge < -0.3 is 5.11 Å². The zero-order chi connectivity index (χ0) is 14.5. The van der Waals surface area contributed by atoms with Crippen molar-refractivity contribution in [2.45, 2.75) is 39.0 Å². The second kappa shape index (κ2) is 6.87. The minimum Gasteiger partial charge on any atom is -0.390 e. The molecule has 4 heteroatoms. The highest BCUT2D eigenvalue weighted by Crippen LogP contribution is 2.14. The van der Waals surface area contributed by atoms with Crippen LogP contribution < -0.4 is 0 Å². The van der Waals surface area contributed by atoms with Crippen molar-refractivity contribution in [3.05, 3.63) is 53.3 Å². The molecule has 0 fully saturated rings. The molecule has 0 radical (unpaired) electrons. The van der Waals surface area contributed by atoms with Crippen LogP contribution >= 0.6 is 0 Å². The second-order valence-corrected chi connectivity index (χ2v) is 5.73. The van der Waals surface area contributed by atoms with E-state index >= 15 is 0 Å². The second-order valence-electron chi connectivity index (χ2n) is 5.73. The molecule has 3 rings (SSSR count). The summed E-state index contributed by atoms with van der Waals surface area (Å²) in [5, 5.41) is 13.6. The van der Waals surface area contributed by atoms with Crippen LogP contribution in [0.4, 0.5) is 0 Å². The molecule has 1 N–H and O–H groups in total. The average molecular weight is 285 g/mol. The Kier molecular flexibility index (Phi) is 4.68. The van der Waals surface area contributed by atoms with Gasteiger partial charge in [0.05, 0.1) is 18.0 Å². The Morgan fingerprint density at radius 2 is 2.00 bits per heavy atom. The minimum atomic E-state index is 0.0357. The van der Waals surface area contributed by atoms with Crippen LogP contribution in [0.5, 0.6) is 0 Å². The summed E-state index contributed by atoms with van der Waals surface area (Å²) >= 11 is 0. The predicted molar refractivity (Wildman–Crippen MR) is 82.8 cm³/mol. The van der Waals surface area contributed by atoms with E-state index in [-0.39, 0.29) is 6.61 Å². The third kappa shape index (κ3) is 3.71. The fraction of sp³-hybridized carbons (Fsp3) is 0.471. The summed E-state index contributed by atoms with van der Waals surface area (Å²) in [5.41, 5.74) is 3.44. The third-order valence-corrected chi connectivity index (χ3v) is 4.09. The minimum absolute atomic E-state index is 0.0357. The van der Waals surface area contributed by atoms with E-state index in [0.29, 0.717) is 0 Å². The summed E-state index contributed by atoms with van der Waals surface area (Å²) in [6.45, 7) is 4.20. The first-order valence-corrected chi connectivity index (χ1v) is 7.78. The molecule has 4 nitrogen and oxygen atoms in total. The van der Waals surface area contributed by atoms with E-state index in [0.717, 1.165) is 44.7 Å². The number of hydrogen-bond acceptors (Lipinski definition) is 3. The molecule has 0 amide bonds. The van der Waals surface area contributed by atoms with E-state index < -0.39 is 0 Å². The van der Waals surface area contributed by atoms with Crippen LogP contribution in [0.2, 0.25) is 0 Å². The fourth-order valence-corrected chi connectivity index (χ4v) is 3.01. The molecule has 112 valence electrons. The van der Waals surface area contributed by atoms with E-state index in [1.54, 1.807) is 0 Å². The maximum absolute atomic E-state index is 9.20. The van der Waals surface area contributed by atoms with Gasteiger partial charge in [0.2, 0.25) is 0 Å². The van der Waals surface area contributed by atoms with E-state index in [2.05, 4.69) is 45.0 Å². The Hall–Kier alpha value is -1.65. The standard InChI is InChI=1S/C17H23N3O/c21-14-16-12-17-13-19(10-5-11-20(17)18-16)9-4-8-15-6-2-1-3-7-15/h1-3,6-7,12,21H,4-5,8-11,13-14H2. The molecule has 0 unspecified atom stereocenters. The Labute approximate surface area is 126 Å². The molecule has 2 aromatic rings. The first-order valence-electron chi connectivity index (χ1n) is 7.78. The summed E-state index contributed by atoms with van der Waals surface area (Å²) in [7, 11) is 0. The Morgan fingerprint density at radius 3 is 2.81 bits per heavy atom. The number of aromatic nitrogens is 2. The van der Waals surface area contributed by atoms with Crippen LogP contribution in [-0.4, -0.2) is 32.9 Å². The molecule has 1 aliphatic heterocycles. The van der Waals surface area contributed by atoms with Crippen LogP contribution in [0.15, 0.2) is 36.4 Å². The normalized spacial score (nSPS) is 15.7. The summed E-state index contributed by atoms with van der Waals surface area (Å²) in [4.78, 5) is 2.50. The number of aryl methyl sites for hydroxylation is 2. The molecule has 2 heterocycles. The number of hydrogen-bond donors (Lipinski definition) is 1. The van der Waals surface area contributed by atoms with E-state index in [1.165, 1.54) is 17.7 Å². The smallest absolute Gasteiger partial charge is 0.0882 e. The van der Waals surface area contributed by atoms with Crippen LogP contribution in [0.3, 0.4) is 0 Å². The number of aliphatic hydroxyl groups excluding tert-OH is 1. The number of fused-ring (bicyclic) bond motifs is 1. The third-order valence-electron chi connectivity index (χ3n) is 4.09. The highest BCUT2D eigenvalue weighted by molar-refractivity contribution is 5.14. The number of aliphatic hydroxyl groups is 1. The summed E-state index contributed by atoms with van der Waals surface area (Å²) in [6.07, 6.45) is 3.45. The van der Waals surface area contributed by atoms with Gasteiger partial charge >= 0.3 is 0 Å². The van der Waals surface area contributed by atoms with Crippen molar-refractivity contribution in [2.75, 3.05) is 13.1 Å². The number of rotatable bonds is 5. The Morgan fingerprint density at radius 1 is 1.14 bits per heavy atom. The molecule has 0 saturated carbocycles. The summed E-state index contributed by atoms with van der Waals surface area (Å²) in [6, 6.07) is 12.7. The molecule has 0 aliphatic carbocycles. The molecule has 21 heavy (non-hydrogen) atoms. The molecule has 0 bridgehead atoms. The van der Waals surface area contributed by atoms with Crippen LogP contribution in [0, 0.1) is 0 Å². The van der Waals surface area contributed by atoms with E-state index in [4.69, 9.17) is 0 Å². The lowest BCUT2D eigenvalue weighted by Crippen LogP contribution is -2.24. The maximum Gasteiger partial charge on any atom is 0.0882 e. The molecular formula is C17H23N3O. The van der Waals surface area contributed by atoms with Gasteiger partial charge in [-0.05, 0) is 37.4 Å². The zero-order valence-corrected chi connectivity index (χ0v) is 12.4. The molecule has 1 aromatic carbocycles. The zero-order valence-electron chi connectivity index (χ0n) is 12.4. The van der Waals surface area contributed by atoms with Gasteiger partial charge in [-0.2, -0.15) is 5.10 Å². The van der Waals surface area contributed by atoms with Gasteiger partial charge in [0, 0.05) is 19.6 Å². The van der Waals surface area contributed by atoms with Gasteiger partial charge in [-0.25, -0.2) is 0 Å². The summed E-state index contributed by atoms with van der Waals surface area (Å²) < 4.78 is 2.06. The van der Waals surface area contributed by atoms with E-state index in [1.807, 2.05) is 6.07 Å². The Bertz CT molecular complexity index is 565. The quantitative estimate of drug-likeness (QED) is 0.916. The van der Waals surface area contributed by atoms with E-state index in [9.17, 15) is 5.11 Å². The van der Waals surface area contributed by atoms with Crippen molar-refractivity contribution in [3.63, 3.8) is 0 Å². The van der Waals surface area contributed by atoms with Crippen molar-refractivity contribution in [3.8, 4) is 0 Å². The SMILES string of the molecule is OCc1cc2n(n1)CCCN(CCCc1ccccc1)C2. The lowest BCUT2D eigenvalue weighted by molar-refractivity contribution is 0.264. The van der Waals surface area contributed by atoms with Crippen molar-refractivity contribution < 1.29 is 5.11 Å². The number of benzene rings is 1.